The summed E-state index contributed by atoms with van der Waals surface area (Å²) in [6.45, 7) is 8.36. The van der Waals surface area contributed by atoms with E-state index >= 15 is 0 Å². The highest BCUT2D eigenvalue weighted by Gasteiger charge is 2.26. The Hall–Kier alpha value is -2.54. The van der Waals surface area contributed by atoms with Crippen LogP contribution >= 0.6 is 0 Å². The van der Waals surface area contributed by atoms with Crippen LogP contribution in [0, 0.1) is 12.8 Å². The quantitative estimate of drug-likeness (QED) is 0.752. The van der Waals surface area contributed by atoms with Gasteiger partial charge in [0, 0.05) is 18.1 Å². The van der Waals surface area contributed by atoms with Crippen LogP contribution in [-0.4, -0.2) is 54.7 Å². The fourth-order valence-electron chi connectivity index (χ4n) is 3.98. The fourth-order valence-corrected chi connectivity index (χ4v) is 3.98. The standard InChI is InChI=1S/C22H31N3O4/c1-6-29-22(27)19-15(3)24(4)16-7-8-17(28-5)21(20(16)19)23-18(26)13-25-11-9-14(2)10-12-25/h7-8,14H,6,9-13H2,1-5H3,(H,23,26). The van der Waals surface area contributed by atoms with Gasteiger partial charge in [-0.2, -0.15) is 0 Å². The second-order valence-corrected chi connectivity index (χ2v) is 7.78. The first kappa shape index (κ1) is 21.2. The Balaban J connectivity index is 1.98. The van der Waals surface area contributed by atoms with Crippen LogP contribution in [0.1, 0.15) is 42.7 Å². The van der Waals surface area contributed by atoms with Crippen LogP contribution in [0.4, 0.5) is 5.69 Å². The minimum absolute atomic E-state index is 0.110. The summed E-state index contributed by atoms with van der Waals surface area (Å²) in [4.78, 5) is 27.7. The predicted molar refractivity (Wildman–Crippen MR) is 114 cm³/mol. The van der Waals surface area contributed by atoms with Crippen molar-refractivity contribution in [3.05, 3.63) is 23.4 Å². The minimum Gasteiger partial charge on any atom is -0.495 e. The minimum atomic E-state index is -0.399. The molecule has 1 saturated heterocycles. The first-order valence-electron chi connectivity index (χ1n) is 10.2. The normalized spacial score (nSPS) is 15.5. The maximum Gasteiger partial charge on any atom is 0.340 e. The van der Waals surface area contributed by atoms with Crippen molar-refractivity contribution < 1.29 is 19.1 Å². The van der Waals surface area contributed by atoms with Crippen molar-refractivity contribution in [2.45, 2.75) is 33.6 Å². The van der Waals surface area contributed by atoms with E-state index in [4.69, 9.17) is 9.47 Å². The largest absolute Gasteiger partial charge is 0.495 e. The number of fused-ring (bicyclic) bond motifs is 1. The summed E-state index contributed by atoms with van der Waals surface area (Å²) >= 11 is 0. The van der Waals surface area contributed by atoms with Gasteiger partial charge in [-0.05, 0) is 57.8 Å². The van der Waals surface area contributed by atoms with Crippen LogP contribution in [0.5, 0.6) is 5.75 Å². The van der Waals surface area contributed by atoms with Crippen molar-refractivity contribution >= 4 is 28.5 Å². The van der Waals surface area contributed by atoms with Gasteiger partial charge in [-0.25, -0.2) is 4.79 Å². The van der Waals surface area contributed by atoms with Gasteiger partial charge >= 0.3 is 5.97 Å². The summed E-state index contributed by atoms with van der Waals surface area (Å²) in [6, 6.07) is 3.71. The Labute approximate surface area is 171 Å². The van der Waals surface area contributed by atoms with E-state index in [9.17, 15) is 9.59 Å². The lowest BCUT2D eigenvalue weighted by Gasteiger charge is -2.29. The Morgan fingerprint density at radius 3 is 2.55 bits per heavy atom. The van der Waals surface area contributed by atoms with Gasteiger partial charge in [0.2, 0.25) is 5.91 Å². The molecule has 0 bridgehead atoms. The number of benzene rings is 1. The molecular weight excluding hydrogens is 370 g/mol. The molecule has 0 aliphatic carbocycles. The number of aromatic nitrogens is 1. The highest BCUT2D eigenvalue weighted by Crippen LogP contribution is 2.38. The Morgan fingerprint density at radius 2 is 1.93 bits per heavy atom. The molecule has 0 unspecified atom stereocenters. The van der Waals surface area contributed by atoms with E-state index in [1.54, 1.807) is 14.0 Å². The average molecular weight is 402 g/mol. The number of piperidine rings is 1. The predicted octanol–water partition coefficient (Wildman–Crippen LogP) is 3.34. The second kappa shape index (κ2) is 8.86. The van der Waals surface area contributed by atoms with Gasteiger partial charge in [-0.1, -0.05) is 6.92 Å². The first-order valence-corrected chi connectivity index (χ1v) is 10.2. The number of hydrogen-bond acceptors (Lipinski definition) is 5. The van der Waals surface area contributed by atoms with Crippen molar-refractivity contribution in [3.8, 4) is 5.75 Å². The van der Waals surface area contributed by atoms with E-state index in [0.29, 0.717) is 34.8 Å². The van der Waals surface area contributed by atoms with Crippen molar-refractivity contribution in [3.63, 3.8) is 0 Å². The number of aryl methyl sites for hydroxylation is 1. The first-order chi connectivity index (χ1) is 13.9. The van der Waals surface area contributed by atoms with Crippen LogP contribution in [-0.2, 0) is 16.6 Å². The fraction of sp³-hybridized carbons (Fsp3) is 0.545. The highest BCUT2D eigenvalue weighted by atomic mass is 16.5. The molecule has 1 aliphatic heterocycles. The van der Waals surface area contributed by atoms with Crippen LogP contribution < -0.4 is 10.1 Å². The van der Waals surface area contributed by atoms with Gasteiger partial charge in [0.15, 0.2) is 0 Å². The maximum absolute atomic E-state index is 12.8. The molecule has 158 valence electrons. The third kappa shape index (κ3) is 4.24. The molecule has 0 atom stereocenters. The van der Waals surface area contributed by atoms with Gasteiger partial charge in [0.25, 0.3) is 0 Å². The van der Waals surface area contributed by atoms with E-state index < -0.39 is 5.97 Å². The number of hydrogen-bond donors (Lipinski definition) is 1. The number of carbonyl (C=O) groups is 2. The number of nitrogens with one attached hydrogen (secondary N) is 1. The third-order valence-corrected chi connectivity index (χ3v) is 5.83. The molecule has 1 aliphatic rings. The number of esters is 1. The van der Waals surface area contributed by atoms with Gasteiger partial charge in [-0.15, -0.1) is 0 Å². The summed E-state index contributed by atoms with van der Waals surface area (Å²) in [5.74, 6) is 0.725. The lowest BCUT2D eigenvalue weighted by atomic mass is 9.99. The molecule has 1 aromatic carbocycles. The molecule has 7 nitrogen and oxygen atoms in total. The lowest BCUT2D eigenvalue weighted by Crippen LogP contribution is -2.38. The molecule has 0 saturated carbocycles. The third-order valence-electron chi connectivity index (χ3n) is 5.83. The van der Waals surface area contributed by atoms with E-state index in [1.165, 1.54) is 0 Å². The Morgan fingerprint density at radius 1 is 1.24 bits per heavy atom. The second-order valence-electron chi connectivity index (χ2n) is 7.78. The SMILES string of the molecule is CCOC(=O)c1c(C)n(C)c2ccc(OC)c(NC(=O)CN3CCC(C)CC3)c12. The zero-order chi connectivity index (χ0) is 21.1. The Kier molecular flexibility index (Phi) is 6.47. The number of amides is 1. The smallest absolute Gasteiger partial charge is 0.340 e. The average Bonchev–Trinajstić information content (AvgIpc) is 2.95. The van der Waals surface area contributed by atoms with Gasteiger partial charge in [0.1, 0.15) is 5.75 Å². The molecule has 29 heavy (non-hydrogen) atoms. The Bertz CT molecular complexity index is 911. The molecule has 1 amide bonds. The number of anilines is 1. The molecule has 0 spiro atoms. The number of ether oxygens (including phenoxy) is 2. The van der Waals surface area contributed by atoms with Crippen molar-refractivity contribution in [2.24, 2.45) is 13.0 Å². The molecule has 2 aromatic rings. The number of nitrogens with zero attached hydrogens (tertiary/aromatic N) is 2. The molecule has 1 N–H and O–H groups in total. The number of carbonyl (C=O) groups excluding carboxylic acids is 2. The molecular formula is C22H31N3O4. The van der Waals surface area contributed by atoms with Gasteiger partial charge in [-0.3, -0.25) is 9.69 Å². The highest BCUT2D eigenvalue weighted by molar-refractivity contribution is 6.14. The summed E-state index contributed by atoms with van der Waals surface area (Å²) in [5.41, 5.74) is 2.61. The summed E-state index contributed by atoms with van der Waals surface area (Å²) in [7, 11) is 3.45. The van der Waals surface area contributed by atoms with Crippen LogP contribution in [0.3, 0.4) is 0 Å². The maximum atomic E-state index is 12.8. The van der Waals surface area contributed by atoms with Crippen molar-refractivity contribution in [1.29, 1.82) is 0 Å². The molecule has 1 aromatic heterocycles. The molecule has 3 rings (SSSR count). The number of methoxy groups -OCH3 is 1. The van der Waals surface area contributed by atoms with E-state index in [1.807, 2.05) is 30.7 Å². The number of likely N-dealkylation sites (tertiary alicyclic amines) is 1. The molecule has 0 radical (unpaired) electrons. The van der Waals surface area contributed by atoms with Crippen LogP contribution in [0.15, 0.2) is 12.1 Å². The zero-order valence-corrected chi connectivity index (χ0v) is 18.0. The topological polar surface area (TPSA) is 72.8 Å². The number of rotatable bonds is 6. The summed E-state index contributed by atoms with van der Waals surface area (Å²) in [5, 5.41) is 3.67. The van der Waals surface area contributed by atoms with Gasteiger partial charge < -0.3 is 19.4 Å². The summed E-state index contributed by atoms with van der Waals surface area (Å²) in [6.07, 6.45) is 2.22. The summed E-state index contributed by atoms with van der Waals surface area (Å²) < 4.78 is 12.7. The molecule has 2 heterocycles. The van der Waals surface area contributed by atoms with Crippen LogP contribution in [0.25, 0.3) is 10.9 Å². The van der Waals surface area contributed by atoms with E-state index in [-0.39, 0.29) is 12.5 Å². The van der Waals surface area contributed by atoms with Crippen LogP contribution in [0.2, 0.25) is 0 Å². The monoisotopic (exact) mass is 401 g/mol. The van der Waals surface area contributed by atoms with E-state index in [2.05, 4.69) is 17.1 Å². The van der Waals surface area contributed by atoms with E-state index in [0.717, 1.165) is 37.1 Å². The zero-order valence-electron chi connectivity index (χ0n) is 18.0. The van der Waals surface area contributed by atoms with Crippen molar-refractivity contribution in [2.75, 3.05) is 38.7 Å². The lowest BCUT2D eigenvalue weighted by molar-refractivity contribution is -0.117. The molecule has 1 fully saturated rings. The van der Waals surface area contributed by atoms with Crippen molar-refractivity contribution in [1.82, 2.24) is 9.47 Å². The van der Waals surface area contributed by atoms with Gasteiger partial charge in [0.05, 0.1) is 37.0 Å². The molecule has 7 heteroatoms.